The average Bonchev–Trinajstić information content (AvgIpc) is 2.18. The molecule has 0 atom stereocenters. The molecule has 1 aromatic rings. The van der Waals surface area contributed by atoms with Crippen LogP contribution >= 0.6 is 0 Å². The van der Waals surface area contributed by atoms with Crippen LogP contribution in [0.15, 0.2) is 12.1 Å². The van der Waals surface area contributed by atoms with Crippen molar-refractivity contribution in [1.29, 1.82) is 0 Å². The Morgan fingerprint density at radius 3 is 2.41 bits per heavy atom. The van der Waals surface area contributed by atoms with Gasteiger partial charge in [-0.2, -0.15) is 0 Å². The molecule has 1 aromatic carbocycles. The minimum atomic E-state index is -0.655. The molecule has 0 spiro atoms. The first-order valence-corrected chi connectivity index (χ1v) is 5.67. The van der Waals surface area contributed by atoms with Gasteiger partial charge in [-0.15, -0.1) is 0 Å². The molecule has 0 aliphatic rings. The molecular formula is C13H19F2NO. The van der Waals surface area contributed by atoms with Crippen LogP contribution in [0.5, 0.6) is 5.75 Å². The molecule has 96 valence electrons. The molecule has 0 aliphatic heterocycles. The van der Waals surface area contributed by atoms with Crippen molar-refractivity contribution >= 4 is 5.69 Å². The summed E-state index contributed by atoms with van der Waals surface area (Å²) < 4.78 is 31.6. The first-order chi connectivity index (χ1) is 7.79. The van der Waals surface area contributed by atoms with Crippen molar-refractivity contribution in [2.45, 2.75) is 33.6 Å². The lowest BCUT2D eigenvalue weighted by Gasteiger charge is -2.17. The Morgan fingerprint density at radius 2 is 1.82 bits per heavy atom. The third-order valence-electron chi connectivity index (χ3n) is 2.38. The van der Waals surface area contributed by atoms with Crippen LogP contribution in [-0.4, -0.2) is 6.61 Å². The van der Waals surface area contributed by atoms with E-state index in [1.54, 1.807) is 0 Å². The molecule has 0 bridgehead atoms. The monoisotopic (exact) mass is 243 g/mol. The molecule has 0 saturated carbocycles. The summed E-state index contributed by atoms with van der Waals surface area (Å²) in [4.78, 5) is 0. The van der Waals surface area contributed by atoms with Crippen molar-refractivity contribution in [3.05, 3.63) is 23.8 Å². The van der Waals surface area contributed by atoms with Crippen molar-refractivity contribution in [2.75, 3.05) is 12.3 Å². The molecule has 0 aliphatic carbocycles. The molecule has 0 saturated heterocycles. The number of anilines is 1. The van der Waals surface area contributed by atoms with Crippen LogP contribution in [0.4, 0.5) is 14.5 Å². The van der Waals surface area contributed by atoms with Gasteiger partial charge in [-0.3, -0.25) is 0 Å². The summed E-state index contributed by atoms with van der Waals surface area (Å²) in [5.74, 6) is -1.36. The van der Waals surface area contributed by atoms with Crippen LogP contribution in [0, 0.1) is 17.0 Å². The standard InChI is InChI=1S/C13H19F2NO/c1-13(2,3)5-4-6-17-12-8-9(14)11(16)7-10(12)15/h7-8H,4-6,16H2,1-3H3. The van der Waals surface area contributed by atoms with Gasteiger partial charge in [-0.05, 0) is 18.3 Å². The van der Waals surface area contributed by atoms with Crippen molar-refractivity contribution in [3.8, 4) is 5.75 Å². The maximum absolute atomic E-state index is 13.3. The predicted octanol–water partition coefficient (Wildman–Crippen LogP) is 3.75. The summed E-state index contributed by atoms with van der Waals surface area (Å²) in [7, 11) is 0. The maximum Gasteiger partial charge on any atom is 0.167 e. The van der Waals surface area contributed by atoms with E-state index in [1.165, 1.54) is 0 Å². The second kappa shape index (κ2) is 5.34. The van der Waals surface area contributed by atoms with E-state index in [1.807, 2.05) is 0 Å². The zero-order valence-electron chi connectivity index (χ0n) is 10.5. The smallest absolute Gasteiger partial charge is 0.167 e. The fourth-order valence-corrected chi connectivity index (χ4v) is 1.44. The third kappa shape index (κ3) is 4.59. The topological polar surface area (TPSA) is 35.2 Å². The molecule has 0 unspecified atom stereocenters. The van der Waals surface area contributed by atoms with Crippen LogP contribution in [0.2, 0.25) is 0 Å². The van der Waals surface area contributed by atoms with Crippen molar-refractivity contribution in [3.63, 3.8) is 0 Å². The highest BCUT2D eigenvalue weighted by atomic mass is 19.1. The van der Waals surface area contributed by atoms with E-state index in [4.69, 9.17) is 10.5 Å². The zero-order valence-corrected chi connectivity index (χ0v) is 10.5. The lowest BCUT2D eigenvalue weighted by Crippen LogP contribution is -2.08. The number of nitrogen functional groups attached to an aromatic ring is 1. The number of rotatable bonds is 4. The van der Waals surface area contributed by atoms with Crippen LogP contribution in [0.1, 0.15) is 33.6 Å². The SMILES string of the molecule is CC(C)(C)CCCOc1cc(F)c(N)cc1F. The summed E-state index contributed by atoms with van der Waals surface area (Å²) in [5, 5.41) is 0. The number of ether oxygens (including phenoxy) is 1. The van der Waals surface area contributed by atoms with Gasteiger partial charge in [0, 0.05) is 12.1 Å². The van der Waals surface area contributed by atoms with Crippen LogP contribution < -0.4 is 10.5 Å². The van der Waals surface area contributed by atoms with Crippen LogP contribution in [-0.2, 0) is 0 Å². The van der Waals surface area contributed by atoms with E-state index in [0.29, 0.717) is 6.61 Å². The van der Waals surface area contributed by atoms with E-state index in [-0.39, 0.29) is 16.9 Å². The average molecular weight is 243 g/mol. The van der Waals surface area contributed by atoms with Crippen molar-refractivity contribution in [2.24, 2.45) is 5.41 Å². The highest BCUT2D eigenvalue weighted by Crippen LogP contribution is 2.24. The van der Waals surface area contributed by atoms with Gasteiger partial charge in [0.15, 0.2) is 11.6 Å². The Labute approximate surface area is 101 Å². The minimum absolute atomic E-state index is 0.0781. The number of halogens is 2. The maximum atomic E-state index is 13.3. The molecule has 17 heavy (non-hydrogen) atoms. The van der Waals surface area contributed by atoms with Gasteiger partial charge in [0.25, 0.3) is 0 Å². The number of hydrogen-bond donors (Lipinski definition) is 1. The van der Waals surface area contributed by atoms with Gasteiger partial charge in [0.2, 0.25) is 0 Å². The molecular weight excluding hydrogens is 224 g/mol. The molecule has 2 N–H and O–H groups in total. The van der Waals surface area contributed by atoms with Gasteiger partial charge >= 0.3 is 0 Å². The second-order valence-electron chi connectivity index (χ2n) is 5.32. The molecule has 2 nitrogen and oxygen atoms in total. The highest BCUT2D eigenvalue weighted by Gasteiger charge is 2.11. The quantitative estimate of drug-likeness (QED) is 0.645. The Hall–Kier alpha value is -1.32. The van der Waals surface area contributed by atoms with E-state index >= 15 is 0 Å². The summed E-state index contributed by atoms with van der Waals surface area (Å²) in [6.07, 6.45) is 1.76. The Balaban J connectivity index is 2.50. The number of benzene rings is 1. The molecule has 0 fully saturated rings. The fourth-order valence-electron chi connectivity index (χ4n) is 1.44. The predicted molar refractivity (Wildman–Crippen MR) is 65.0 cm³/mol. The van der Waals surface area contributed by atoms with Crippen LogP contribution in [0.25, 0.3) is 0 Å². The van der Waals surface area contributed by atoms with E-state index < -0.39 is 11.6 Å². The Bertz CT molecular complexity index is 386. The number of hydrogen-bond acceptors (Lipinski definition) is 2. The van der Waals surface area contributed by atoms with E-state index in [9.17, 15) is 8.78 Å². The summed E-state index contributed by atoms with van der Waals surface area (Å²) in [6, 6.07) is 1.93. The number of nitrogens with two attached hydrogens (primary N) is 1. The second-order valence-corrected chi connectivity index (χ2v) is 5.32. The lowest BCUT2D eigenvalue weighted by molar-refractivity contribution is 0.259. The first kappa shape index (κ1) is 13.7. The van der Waals surface area contributed by atoms with Gasteiger partial charge < -0.3 is 10.5 Å². The summed E-state index contributed by atoms with van der Waals surface area (Å²) in [5.41, 5.74) is 5.24. The van der Waals surface area contributed by atoms with E-state index in [2.05, 4.69) is 20.8 Å². The summed E-state index contributed by atoms with van der Waals surface area (Å²) >= 11 is 0. The highest BCUT2D eigenvalue weighted by molar-refractivity contribution is 5.44. The fraction of sp³-hybridized carbons (Fsp3) is 0.538. The van der Waals surface area contributed by atoms with Gasteiger partial charge in [-0.25, -0.2) is 8.78 Å². The largest absolute Gasteiger partial charge is 0.490 e. The molecule has 0 radical (unpaired) electrons. The summed E-state index contributed by atoms with van der Waals surface area (Å²) in [6.45, 7) is 6.74. The molecule has 1 rings (SSSR count). The zero-order chi connectivity index (χ0) is 13.1. The van der Waals surface area contributed by atoms with E-state index in [0.717, 1.165) is 25.0 Å². The van der Waals surface area contributed by atoms with Gasteiger partial charge in [-0.1, -0.05) is 20.8 Å². The van der Waals surface area contributed by atoms with Crippen LogP contribution in [0.3, 0.4) is 0 Å². The molecule has 0 aromatic heterocycles. The Morgan fingerprint density at radius 1 is 1.18 bits per heavy atom. The third-order valence-corrected chi connectivity index (χ3v) is 2.38. The van der Waals surface area contributed by atoms with Crippen molar-refractivity contribution in [1.82, 2.24) is 0 Å². The van der Waals surface area contributed by atoms with Gasteiger partial charge in [0.05, 0.1) is 12.3 Å². The molecule has 0 amide bonds. The lowest BCUT2D eigenvalue weighted by atomic mass is 9.91. The minimum Gasteiger partial charge on any atom is -0.490 e. The molecule has 4 heteroatoms. The van der Waals surface area contributed by atoms with Crippen molar-refractivity contribution < 1.29 is 13.5 Å². The normalized spacial score (nSPS) is 11.6. The Kier molecular flexibility index (Phi) is 4.32. The van der Waals surface area contributed by atoms with Gasteiger partial charge in [0.1, 0.15) is 5.82 Å². The first-order valence-electron chi connectivity index (χ1n) is 5.67. The molecule has 0 heterocycles.